The van der Waals surface area contributed by atoms with Crippen LogP contribution in [0.2, 0.25) is 0 Å². The summed E-state index contributed by atoms with van der Waals surface area (Å²) in [6.07, 6.45) is 2.52. The van der Waals surface area contributed by atoms with Crippen molar-refractivity contribution in [2.24, 2.45) is 11.7 Å². The molecule has 0 radical (unpaired) electrons. The summed E-state index contributed by atoms with van der Waals surface area (Å²) < 4.78 is 1.14. The molecule has 1 fully saturated rings. The van der Waals surface area contributed by atoms with Gasteiger partial charge in [-0.1, -0.05) is 6.92 Å². The number of amides is 1. The van der Waals surface area contributed by atoms with E-state index < -0.39 is 0 Å². The van der Waals surface area contributed by atoms with Gasteiger partial charge in [-0.15, -0.1) is 11.3 Å². The number of aromatic nitrogens is 1. The Labute approximate surface area is 122 Å². The van der Waals surface area contributed by atoms with Crippen molar-refractivity contribution < 1.29 is 4.79 Å². The zero-order valence-electron chi connectivity index (χ0n) is 11.7. The minimum atomic E-state index is -0.200. The highest BCUT2D eigenvalue weighted by Gasteiger charge is 2.27. The van der Waals surface area contributed by atoms with Gasteiger partial charge in [0.15, 0.2) is 0 Å². The van der Waals surface area contributed by atoms with E-state index in [0.717, 1.165) is 15.9 Å². The maximum Gasteiger partial charge on any atom is 0.228 e. The fraction of sp³-hybridized carbons (Fsp3) is 0.467. The van der Waals surface area contributed by atoms with E-state index >= 15 is 0 Å². The average molecular weight is 289 g/mol. The summed E-state index contributed by atoms with van der Waals surface area (Å²) in [6, 6.07) is 5.74. The predicted octanol–water partition coefficient (Wildman–Crippen LogP) is 3.10. The van der Waals surface area contributed by atoms with Crippen LogP contribution in [-0.2, 0) is 4.79 Å². The molecule has 1 amide bonds. The molecule has 0 spiro atoms. The monoisotopic (exact) mass is 289 g/mol. The largest absolute Gasteiger partial charge is 0.327 e. The van der Waals surface area contributed by atoms with Crippen molar-refractivity contribution in [1.29, 1.82) is 0 Å². The lowest BCUT2D eigenvalue weighted by Crippen LogP contribution is -2.34. The van der Waals surface area contributed by atoms with Gasteiger partial charge in [0, 0.05) is 17.6 Å². The summed E-state index contributed by atoms with van der Waals surface area (Å²) in [5.74, 6) is 0.434. The molecule has 0 aliphatic heterocycles. The van der Waals surface area contributed by atoms with Crippen molar-refractivity contribution in [2.75, 3.05) is 5.32 Å². The molecular formula is C15H19N3OS. The van der Waals surface area contributed by atoms with Crippen LogP contribution in [0.4, 0.5) is 5.69 Å². The van der Waals surface area contributed by atoms with Gasteiger partial charge in [-0.25, -0.2) is 4.98 Å². The van der Waals surface area contributed by atoms with Gasteiger partial charge in [0.1, 0.15) is 0 Å². The van der Waals surface area contributed by atoms with Gasteiger partial charge in [0.05, 0.1) is 21.1 Å². The predicted molar refractivity (Wildman–Crippen MR) is 83.0 cm³/mol. The van der Waals surface area contributed by atoms with Gasteiger partial charge >= 0.3 is 0 Å². The van der Waals surface area contributed by atoms with Crippen molar-refractivity contribution in [3.63, 3.8) is 0 Å². The number of hydrogen-bond donors (Lipinski definition) is 2. The standard InChI is InChI=1S/C15H19N3OS/c1-8(9(2)16)14(19)17-11-5-6-12-13(7-11)20-15(18-12)10-3-4-10/h5-10H,3-4,16H2,1-2H3,(H,17,19). The van der Waals surface area contributed by atoms with Gasteiger partial charge in [-0.2, -0.15) is 0 Å². The van der Waals surface area contributed by atoms with Crippen LogP contribution in [0.25, 0.3) is 10.2 Å². The lowest BCUT2D eigenvalue weighted by molar-refractivity contribution is -0.119. The van der Waals surface area contributed by atoms with Crippen molar-refractivity contribution in [2.45, 2.75) is 38.6 Å². The number of nitrogens with two attached hydrogens (primary N) is 1. The lowest BCUT2D eigenvalue weighted by Gasteiger charge is -2.15. The second-order valence-corrected chi connectivity index (χ2v) is 6.71. The van der Waals surface area contributed by atoms with E-state index in [1.165, 1.54) is 17.8 Å². The number of anilines is 1. The second-order valence-electron chi connectivity index (χ2n) is 5.65. The number of nitrogens with zero attached hydrogens (tertiary/aromatic N) is 1. The van der Waals surface area contributed by atoms with Gasteiger partial charge in [0.2, 0.25) is 5.91 Å². The molecular weight excluding hydrogens is 270 g/mol. The molecule has 1 heterocycles. The molecule has 0 saturated heterocycles. The molecule has 3 N–H and O–H groups in total. The summed E-state index contributed by atoms with van der Waals surface area (Å²) in [7, 11) is 0. The van der Waals surface area contributed by atoms with Crippen molar-refractivity contribution in [3.8, 4) is 0 Å². The number of thiazole rings is 1. The molecule has 2 atom stereocenters. The van der Waals surface area contributed by atoms with E-state index in [-0.39, 0.29) is 17.9 Å². The van der Waals surface area contributed by atoms with Crippen LogP contribution in [0.15, 0.2) is 18.2 Å². The molecule has 1 aliphatic rings. The molecule has 0 bridgehead atoms. The summed E-state index contributed by atoms with van der Waals surface area (Å²) in [5.41, 5.74) is 7.60. The van der Waals surface area contributed by atoms with Gasteiger partial charge in [-0.05, 0) is 38.0 Å². The number of fused-ring (bicyclic) bond motifs is 1. The Kier molecular flexibility index (Phi) is 3.48. The van der Waals surface area contributed by atoms with Crippen molar-refractivity contribution in [3.05, 3.63) is 23.2 Å². The highest BCUT2D eigenvalue weighted by Crippen LogP contribution is 2.43. The van der Waals surface area contributed by atoms with Crippen LogP contribution in [-0.4, -0.2) is 16.9 Å². The number of carbonyl (C=O) groups is 1. The molecule has 1 aromatic carbocycles. The van der Waals surface area contributed by atoms with Gasteiger partial charge in [0.25, 0.3) is 0 Å². The number of carbonyl (C=O) groups excluding carboxylic acids is 1. The molecule has 5 heteroatoms. The number of hydrogen-bond acceptors (Lipinski definition) is 4. The normalized spacial score (nSPS) is 17.9. The van der Waals surface area contributed by atoms with Crippen LogP contribution < -0.4 is 11.1 Å². The Morgan fingerprint density at radius 3 is 2.85 bits per heavy atom. The highest BCUT2D eigenvalue weighted by atomic mass is 32.1. The first-order valence-corrected chi connectivity index (χ1v) is 7.83. The van der Waals surface area contributed by atoms with Crippen molar-refractivity contribution >= 4 is 33.1 Å². The third kappa shape index (κ3) is 2.69. The maximum atomic E-state index is 12.0. The van der Waals surface area contributed by atoms with Crippen LogP contribution in [0, 0.1) is 5.92 Å². The highest BCUT2D eigenvalue weighted by molar-refractivity contribution is 7.18. The Bertz CT molecular complexity index is 646. The Morgan fingerprint density at radius 1 is 1.45 bits per heavy atom. The fourth-order valence-electron chi connectivity index (χ4n) is 2.02. The molecule has 20 heavy (non-hydrogen) atoms. The van der Waals surface area contributed by atoms with Crippen LogP contribution in [0.1, 0.15) is 37.6 Å². The smallest absolute Gasteiger partial charge is 0.228 e. The van der Waals surface area contributed by atoms with E-state index in [2.05, 4.69) is 10.3 Å². The zero-order chi connectivity index (χ0) is 14.3. The summed E-state index contributed by atoms with van der Waals surface area (Å²) in [6.45, 7) is 3.69. The maximum absolute atomic E-state index is 12.0. The molecule has 3 rings (SSSR count). The first-order valence-electron chi connectivity index (χ1n) is 7.01. The summed E-state index contributed by atoms with van der Waals surface area (Å²) in [5, 5.41) is 4.16. The number of nitrogens with one attached hydrogen (secondary N) is 1. The minimum Gasteiger partial charge on any atom is -0.327 e. The number of rotatable bonds is 4. The first kappa shape index (κ1) is 13.5. The van der Waals surface area contributed by atoms with Gasteiger partial charge < -0.3 is 11.1 Å². The lowest BCUT2D eigenvalue weighted by atomic mass is 10.0. The molecule has 2 aromatic rings. The van der Waals surface area contributed by atoms with E-state index in [1.807, 2.05) is 32.0 Å². The minimum absolute atomic E-state index is 0.0359. The van der Waals surface area contributed by atoms with Crippen LogP contribution in [0.5, 0.6) is 0 Å². The second kappa shape index (κ2) is 5.14. The molecule has 4 nitrogen and oxygen atoms in total. The Morgan fingerprint density at radius 2 is 2.20 bits per heavy atom. The summed E-state index contributed by atoms with van der Waals surface area (Å²) in [4.78, 5) is 16.7. The SMILES string of the molecule is CC(N)C(C)C(=O)Nc1ccc2nc(C3CC3)sc2c1. The number of benzene rings is 1. The molecule has 1 aliphatic carbocycles. The van der Waals surface area contributed by atoms with E-state index in [4.69, 9.17) is 5.73 Å². The van der Waals surface area contributed by atoms with Crippen LogP contribution in [0.3, 0.4) is 0 Å². The zero-order valence-corrected chi connectivity index (χ0v) is 12.5. The van der Waals surface area contributed by atoms with Crippen molar-refractivity contribution in [1.82, 2.24) is 4.98 Å². The summed E-state index contributed by atoms with van der Waals surface area (Å²) >= 11 is 1.74. The Balaban J connectivity index is 1.80. The van der Waals surface area contributed by atoms with E-state index in [0.29, 0.717) is 5.92 Å². The average Bonchev–Trinajstić information content (AvgIpc) is 3.17. The first-order chi connectivity index (χ1) is 9.54. The molecule has 106 valence electrons. The Hall–Kier alpha value is -1.46. The topological polar surface area (TPSA) is 68.0 Å². The van der Waals surface area contributed by atoms with Gasteiger partial charge in [-0.3, -0.25) is 4.79 Å². The third-order valence-corrected chi connectivity index (χ3v) is 4.98. The van der Waals surface area contributed by atoms with E-state index in [1.54, 1.807) is 11.3 Å². The third-order valence-electron chi connectivity index (χ3n) is 3.80. The molecule has 1 saturated carbocycles. The quantitative estimate of drug-likeness (QED) is 0.908. The fourth-order valence-corrected chi connectivity index (χ4v) is 3.20. The van der Waals surface area contributed by atoms with Crippen LogP contribution >= 0.6 is 11.3 Å². The molecule has 2 unspecified atom stereocenters. The molecule has 1 aromatic heterocycles. The van der Waals surface area contributed by atoms with E-state index in [9.17, 15) is 4.79 Å².